The van der Waals surface area contributed by atoms with Gasteiger partial charge in [-0.15, -0.1) is 10.2 Å². The van der Waals surface area contributed by atoms with Gasteiger partial charge in [0.15, 0.2) is 4.34 Å². The van der Waals surface area contributed by atoms with Crippen LogP contribution in [0.5, 0.6) is 5.75 Å². The number of nitrogens with zero attached hydrogens (tertiary/aromatic N) is 2. The number of methoxy groups -OCH3 is 1. The Morgan fingerprint density at radius 3 is 2.37 bits per heavy atom. The van der Waals surface area contributed by atoms with Crippen LogP contribution in [0.4, 0.5) is 10.8 Å². The van der Waals surface area contributed by atoms with Crippen LogP contribution in [-0.2, 0) is 4.79 Å². The summed E-state index contributed by atoms with van der Waals surface area (Å²) in [5.74, 6) is 3.44. The van der Waals surface area contributed by atoms with Crippen molar-refractivity contribution < 1.29 is 9.53 Å². The second-order valence-electron chi connectivity index (χ2n) is 9.17. The minimum Gasteiger partial charge on any atom is -0.497 e. The first kappa shape index (κ1) is 20.1. The predicted octanol–water partition coefficient (Wildman–Crippen LogP) is 4.86. The highest BCUT2D eigenvalue weighted by atomic mass is 32.2. The van der Waals surface area contributed by atoms with Crippen LogP contribution in [0.1, 0.15) is 45.4 Å². The average Bonchev–Trinajstić information content (AvgIpc) is 3.14. The Labute approximate surface area is 185 Å². The van der Waals surface area contributed by atoms with Gasteiger partial charge in [0.25, 0.3) is 0 Å². The van der Waals surface area contributed by atoms with Crippen molar-refractivity contribution in [1.29, 1.82) is 0 Å². The Hall–Kier alpha value is -1.80. The van der Waals surface area contributed by atoms with Gasteiger partial charge in [0.05, 0.1) is 12.4 Å². The summed E-state index contributed by atoms with van der Waals surface area (Å²) in [4.78, 5) is 13.0. The smallest absolute Gasteiger partial charge is 0.233 e. The second kappa shape index (κ2) is 8.04. The number of carbonyl (C=O) groups is 1. The maximum atomic E-state index is 13.0. The SMILES string of the molecule is COc1ccc(Nc2nnc(SC(C)C(=O)NC34CC5CC(CC(C5)C3)C4)s2)cc1. The summed E-state index contributed by atoms with van der Waals surface area (Å²) in [5, 5.41) is 15.7. The first-order chi connectivity index (χ1) is 14.5. The van der Waals surface area contributed by atoms with Gasteiger partial charge in [-0.25, -0.2) is 0 Å². The molecule has 4 fully saturated rings. The van der Waals surface area contributed by atoms with Gasteiger partial charge in [0.2, 0.25) is 11.0 Å². The zero-order valence-electron chi connectivity index (χ0n) is 17.4. The lowest BCUT2D eigenvalue weighted by molar-refractivity contribution is -0.126. The standard InChI is InChI=1S/C22H28N4O2S2/c1-13(19(27)24-22-10-14-7-15(11-22)9-16(8-14)12-22)29-21-26-25-20(30-21)23-17-3-5-18(28-2)6-4-17/h3-6,13-16H,7-12H2,1-2H3,(H,23,25)(H,24,27). The largest absolute Gasteiger partial charge is 0.497 e. The van der Waals surface area contributed by atoms with Crippen molar-refractivity contribution in [3.8, 4) is 5.75 Å². The van der Waals surface area contributed by atoms with E-state index >= 15 is 0 Å². The molecule has 1 atom stereocenters. The van der Waals surface area contributed by atoms with Crippen LogP contribution < -0.4 is 15.4 Å². The van der Waals surface area contributed by atoms with Gasteiger partial charge in [-0.2, -0.15) is 0 Å². The van der Waals surface area contributed by atoms with E-state index in [-0.39, 0.29) is 16.7 Å². The van der Waals surface area contributed by atoms with E-state index in [1.54, 1.807) is 7.11 Å². The predicted molar refractivity (Wildman–Crippen MR) is 121 cm³/mol. The van der Waals surface area contributed by atoms with E-state index in [4.69, 9.17) is 4.74 Å². The van der Waals surface area contributed by atoms with Crippen molar-refractivity contribution in [2.45, 2.75) is 60.6 Å². The van der Waals surface area contributed by atoms with Gasteiger partial charge >= 0.3 is 0 Å². The molecule has 0 radical (unpaired) electrons. The summed E-state index contributed by atoms with van der Waals surface area (Å²) in [5.41, 5.74) is 0.985. The van der Waals surface area contributed by atoms with Crippen molar-refractivity contribution in [3.63, 3.8) is 0 Å². The van der Waals surface area contributed by atoms with Crippen LogP contribution in [0.3, 0.4) is 0 Å². The van der Waals surface area contributed by atoms with Crippen molar-refractivity contribution in [3.05, 3.63) is 24.3 Å². The van der Waals surface area contributed by atoms with E-state index in [0.29, 0.717) is 0 Å². The number of nitrogens with one attached hydrogen (secondary N) is 2. The number of rotatable bonds is 7. The summed E-state index contributed by atoms with van der Waals surface area (Å²) in [7, 11) is 1.65. The Morgan fingerprint density at radius 1 is 1.13 bits per heavy atom. The molecule has 6 rings (SSSR count). The molecule has 160 valence electrons. The van der Waals surface area contributed by atoms with E-state index in [0.717, 1.165) is 38.7 Å². The lowest BCUT2D eigenvalue weighted by Crippen LogP contribution is -2.60. The molecule has 1 unspecified atom stereocenters. The topological polar surface area (TPSA) is 76.1 Å². The van der Waals surface area contributed by atoms with Crippen LogP contribution >= 0.6 is 23.1 Å². The van der Waals surface area contributed by atoms with Gasteiger partial charge in [0, 0.05) is 11.2 Å². The Balaban J connectivity index is 1.17. The minimum absolute atomic E-state index is 0.0584. The van der Waals surface area contributed by atoms with Gasteiger partial charge in [-0.05, 0) is 87.5 Å². The molecule has 2 aromatic rings. The number of aromatic nitrogens is 2. The zero-order chi connectivity index (χ0) is 20.7. The fourth-order valence-electron chi connectivity index (χ4n) is 5.94. The second-order valence-corrected chi connectivity index (χ2v) is 11.7. The monoisotopic (exact) mass is 444 g/mol. The number of carbonyl (C=O) groups excluding carboxylic acids is 1. The van der Waals surface area contributed by atoms with E-state index in [2.05, 4.69) is 20.8 Å². The quantitative estimate of drug-likeness (QED) is 0.594. The van der Waals surface area contributed by atoms with Crippen LogP contribution in [0.2, 0.25) is 0 Å². The molecule has 4 aliphatic rings. The maximum Gasteiger partial charge on any atom is 0.233 e. The number of ether oxygens (including phenoxy) is 1. The third-order valence-corrected chi connectivity index (χ3v) is 8.84. The molecule has 8 heteroatoms. The van der Waals surface area contributed by atoms with Crippen molar-refractivity contribution >= 4 is 39.8 Å². The number of hydrogen-bond acceptors (Lipinski definition) is 7. The molecule has 4 aliphatic carbocycles. The molecule has 0 aliphatic heterocycles. The van der Waals surface area contributed by atoms with E-state index < -0.39 is 0 Å². The summed E-state index contributed by atoms with van der Waals surface area (Å²) in [6.07, 6.45) is 7.68. The number of benzene rings is 1. The zero-order valence-corrected chi connectivity index (χ0v) is 19.0. The molecule has 1 aromatic carbocycles. The maximum absolute atomic E-state index is 13.0. The van der Waals surface area contributed by atoms with Gasteiger partial charge in [-0.3, -0.25) is 4.79 Å². The molecule has 2 N–H and O–H groups in total. The highest BCUT2D eigenvalue weighted by Crippen LogP contribution is 2.55. The molecule has 1 amide bonds. The third-order valence-electron chi connectivity index (χ3n) is 6.82. The average molecular weight is 445 g/mol. The van der Waals surface area contributed by atoms with Crippen LogP contribution in [-0.4, -0.2) is 34.0 Å². The fourth-order valence-corrected chi connectivity index (χ4v) is 7.85. The van der Waals surface area contributed by atoms with Crippen LogP contribution in [0.15, 0.2) is 28.6 Å². The highest BCUT2D eigenvalue weighted by Gasteiger charge is 2.51. The van der Waals surface area contributed by atoms with E-state index in [1.165, 1.54) is 61.6 Å². The van der Waals surface area contributed by atoms with Gasteiger partial charge < -0.3 is 15.4 Å². The van der Waals surface area contributed by atoms with Crippen LogP contribution in [0.25, 0.3) is 0 Å². The highest BCUT2D eigenvalue weighted by molar-refractivity contribution is 8.02. The summed E-state index contributed by atoms with van der Waals surface area (Å²) in [6.45, 7) is 1.97. The number of amides is 1. The third kappa shape index (κ3) is 4.17. The minimum atomic E-state index is -0.181. The normalized spacial score (nSPS) is 30.1. The molecule has 30 heavy (non-hydrogen) atoms. The number of thioether (sulfide) groups is 1. The summed E-state index contributed by atoms with van der Waals surface area (Å²) < 4.78 is 5.99. The van der Waals surface area contributed by atoms with Crippen molar-refractivity contribution in [2.24, 2.45) is 17.8 Å². The molecule has 4 saturated carbocycles. The van der Waals surface area contributed by atoms with E-state index in [9.17, 15) is 4.79 Å². The Kier molecular flexibility index (Phi) is 5.39. The Bertz CT molecular complexity index is 879. The summed E-state index contributed by atoms with van der Waals surface area (Å²) in [6, 6.07) is 7.68. The first-order valence-corrected chi connectivity index (χ1v) is 12.4. The molecule has 0 saturated heterocycles. The molecule has 6 nitrogen and oxygen atoms in total. The Morgan fingerprint density at radius 2 is 1.77 bits per heavy atom. The molecular weight excluding hydrogens is 416 g/mol. The fraction of sp³-hybridized carbons (Fsp3) is 0.591. The van der Waals surface area contributed by atoms with Gasteiger partial charge in [-0.1, -0.05) is 23.1 Å². The molecule has 0 spiro atoms. The van der Waals surface area contributed by atoms with Crippen molar-refractivity contribution in [1.82, 2.24) is 15.5 Å². The molecule has 1 heterocycles. The first-order valence-electron chi connectivity index (χ1n) is 10.7. The number of hydrogen-bond donors (Lipinski definition) is 2. The number of anilines is 2. The summed E-state index contributed by atoms with van der Waals surface area (Å²) >= 11 is 2.96. The lowest BCUT2D eigenvalue weighted by atomic mass is 9.53. The van der Waals surface area contributed by atoms with Gasteiger partial charge in [0.1, 0.15) is 5.75 Å². The van der Waals surface area contributed by atoms with E-state index in [1.807, 2.05) is 31.2 Å². The molecule has 4 bridgehead atoms. The molecule has 1 aromatic heterocycles. The lowest BCUT2D eigenvalue weighted by Gasteiger charge is -2.57. The van der Waals surface area contributed by atoms with Crippen molar-refractivity contribution in [2.75, 3.05) is 12.4 Å². The molecular formula is C22H28N4O2S2. The van der Waals surface area contributed by atoms with Crippen LogP contribution in [0, 0.1) is 17.8 Å².